The van der Waals surface area contributed by atoms with Crippen molar-refractivity contribution in [1.82, 2.24) is 9.88 Å². The van der Waals surface area contributed by atoms with Crippen LogP contribution in [-0.4, -0.2) is 41.4 Å². The zero-order valence-electron chi connectivity index (χ0n) is 11.4. The van der Waals surface area contributed by atoms with Gasteiger partial charge in [0.25, 0.3) is 0 Å². The molecular formula is C14H16N4S2. The molecule has 0 radical (unpaired) electrons. The number of nitrogens with zero attached hydrogens (tertiary/aromatic N) is 4. The van der Waals surface area contributed by atoms with Gasteiger partial charge in [-0.3, -0.25) is 4.98 Å². The highest BCUT2D eigenvalue weighted by Crippen LogP contribution is 2.31. The maximum absolute atomic E-state index is 4.18. The van der Waals surface area contributed by atoms with Gasteiger partial charge < -0.3 is 4.90 Å². The van der Waals surface area contributed by atoms with Crippen LogP contribution in [0, 0.1) is 0 Å². The Morgan fingerprint density at radius 1 is 1.20 bits per heavy atom. The van der Waals surface area contributed by atoms with Gasteiger partial charge in [0.2, 0.25) is 0 Å². The van der Waals surface area contributed by atoms with Crippen LogP contribution in [0.5, 0.6) is 0 Å². The molecule has 0 aliphatic carbocycles. The average Bonchev–Trinajstić information content (AvgIpc) is 2.99. The molecule has 20 heavy (non-hydrogen) atoms. The van der Waals surface area contributed by atoms with E-state index in [1.165, 1.54) is 5.39 Å². The molecule has 2 heterocycles. The van der Waals surface area contributed by atoms with Crippen molar-refractivity contribution in [2.45, 2.75) is 5.50 Å². The fraction of sp³-hybridized carbons (Fsp3) is 0.214. The molecule has 1 aromatic carbocycles. The lowest BCUT2D eigenvalue weighted by molar-refractivity contribution is 0.638. The predicted octanol–water partition coefficient (Wildman–Crippen LogP) is 3.52. The highest BCUT2D eigenvalue weighted by atomic mass is 33.1. The summed E-state index contributed by atoms with van der Waals surface area (Å²) in [6, 6.07) is 12.1. The first kappa shape index (κ1) is 14.9. The van der Waals surface area contributed by atoms with Crippen LogP contribution in [-0.2, 0) is 0 Å². The standard InChI is InChI=1S/C9H7N.C5H9N3S2/c1-2-6-9-8(4-1)5-3-7-10-9;1-8(2)3-6-5-7-4-9-10-5/h1-7H;3-5H,1-2H3. The molecule has 0 N–H and O–H groups in total. The third-order valence-electron chi connectivity index (χ3n) is 2.31. The zero-order valence-corrected chi connectivity index (χ0v) is 13.0. The highest BCUT2D eigenvalue weighted by molar-refractivity contribution is 8.82. The summed E-state index contributed by atoms with van der Waals surface area (Å²) < 4.78 is 0. The first-order valence-electron chi connectivity index (χ1n) is 6.09. The Morgan fingerprint density at radius 3 is 2.70 bits per heavy atom. The van der Waals surface area contributed by atoms with Gasteiger partial charge in [0, 0.05) is 25.7 Å². The fourth-order valence-electron chi connectivity index (χ4n) is 1.45. The van der Waals surface area contributed by atoms with Gasteiger partial charge in [0.1, 0.15) is 0 Å². The van der Waals surface area contributed by atoms with Gasteiger partial charge in [-0.25, -0.2) is 9.98 Å². The van der Waals surface area contributed by atoms with Crippen molar-refractivity contribution in [2.75, 3.05) is 14.1 Å². The van der Waals surface area contributed by atoms with Crippen molar-refractivity contribution in [3.05, 3.63) is 42.6 Å². The van der Waals surface area contributed by atoms with Crippen molar-refractivity contribution in [3.63, 3.8) is 0 Å². The first-order chi connectivity index (χ1) is 9.75. The summed E-state index contributed by atoms with van der Waals surface area (Å²) in [5.41, 5.74) is 2.96. The van der Waals surface area contributed by atoms with E-state index in [-0.39, 0.29) is 5.50 Å². The highest BCUT2D eigenvalue weighted by Gasteiger charge is 2.07. The summed E-state index contributed by atoms with van der Waals surface area (Å²) in [5, 5.41) is 1.20. The maximum Gasteiger partial charge on any atom is 0.198 e. The summed E-state index contributed by atoms with van der Waals surface area (Å²) in [5.74, 6) is 0. The van der Waals surface area contributed by atoms with Crippen LogP contribution >= 0.6 is 21.6 Å². The second kappa shape index (κ2) is 7.91. The molecule has 2 aromatic rings. The van der Waals surface area contributed by atoms with Crippen molar-refractivity contribution >= 4 is 44.4 Å². The minimum atomic E-state index is 0.0763. The number of rotatable bonds is 2. The van der Waals surface area contributed by atoms with E-state index in [9.17, 15) is 0 Å². The van der Waals surface area contributed by atoms with Gasteiger partial charge in [-0.1, -0.05) is 24.3 Å². The average molecular weight is 304 g/mol. The van der Waals surface area contributed by atoms with E-state index in [4.69, 9.17) is 0 Å². The molecule has 1 aliphatic heterocycles. The number of para-hydroxylation sites is 1. The molecule has 0 bridgehead atoms. The van der Waals surface area contributed by atoms with Crippen molar-refractivity contribution in [1.29, 1.82) is 0 Å². The normalized spacial score (nSPS) is 17.2. The molecule has 104 valence electrons. The van der Waals surface area contributed by atoms with Crippen molar-refractivity contribution < 1.29 is 0 Å². The van der Waals surface area contributed by atoms with E-state index in [0.29, 0.717) is 0 Å². The van der Waals surface area contributed by atoms with Crippen molar-refractivity contribution in [3.8, 4) is 0 Å². The van der Waals surface area contributed by atoms with Crippen LogP contribution in [0.4, 0.5) is 0 Å². The van der Waals surface area contributed by atoms with Gasteiger partial charge in [0.15, 0.2) is 5.50 Å². The fourth-order valence-corrected chi connectivity index (χ4v) is 2.95. The SMILES string of the molecule is CN(C)C=NC1N=CSS1.c1ccc2ncccc2c1. The van der Waals surface area contributed by atoms with Crippen molar-refractivity contribution in [2.24, 2.45) is 9.98 Å². The van der Waals surface area contributed by atoms with Crippen LogP contribution in [0.25, 0.3) is 10.9 Å². The molecule has 1 aromatic heterocycles. The lowest BCUT2D eigenvalue weighted by atomic mass is 10.2. The number of hydrogen-bond donors (Lipinski definition) is 0. The van der Waals surface area contributed by atoms with Gasteiger partial charge in [-0.2, -0.15) is 0 Å². The summed E-state index contributed by atoms with van der Waals surface area (Å²) in [4.78, 5) is 14.3. The number of aromatic nitrogens is 1. The molecular weight excluding hydrogens is 288 g/mol. The lowest BCUT2D eigenvalue weighted by Crippen LogP contribution is -2.09. The molecule has 0 amide bonds. The van der Waals surface area contributed by atoms with E-state index in [0.717, 1.165) is 5.52 Å². The quantitative estimate of drug-likeness (QED) is 0.483. The largest absolute Gasteiger partial charge is 0.369 e. The smallest absolute Gasteiger partial charge is 0.198 e. The Balaban J connectivity index is 0.000000147. The third-order valence-corrected chi connectivity index (χ3v) is 4.15. The maximum atomic E-state index is 4.18. The Morgan fingerprint density at radius 2 is 2.00 bits per heavy atom. The van der Waals surface area contributed by atoms with E-state index in [2.05, 4.69) is 27.1 Å². The second-order valence-corrected chi connectivity index (χ2v) is 6.37. The summed E-state index contributed by atoms with van der Waals surface area (Å²) in [6.45, 7) is 0. The number of hydrogen-bond acceptors (Lipinski definition) is 5. The number of fused-ring (bicyclic) bond motifs is 1. The van der Waals surface area contributed by atoms with Gasteiger partial charge in [-0.15, -0.1) is 0 Å². The molecule has 1 atom stereocenters. The van der Waals surface area contributed by atoms with Gasteiger partial charge in [-0.05, 0) is 33.7 Å². The number of pyridine rings is 1. The Kier molecular flexibility index (Phi) is 5.88. The van der Waals surface area contributed by atoms with Gasteiger partial charge >= 0.3 is 0 Å². The molecule has 1 aliphatic rings. The van der Waals surface area contributed by atoms with Crippen LogP contribution in [0.3, 0.4) is 0 Å². The van der Waals surface area contributed by atoms with E-state index < -0.39 is 0 Å². The molecule has 0 saturated carbocycles. The Hall–Kier alpha value is -1.53. The lowest BCUT2D eigenvalue weighted by Gasteiger charge is -2.03. The number of benzene rings is 1. The van der Waals surface area contributed by atoms with Crippen LogP contribution in [0.2, 0.25) is 0 Å². The molecule has 6 heteroatoms. The molecule has 0 spiro atoms. The van der Waals surface area contributed by atoms with Crippen LogP contribution in [0.1, 0.15) is 0 Å². The molecule has 4 nitrogen and oxygen atoms in total. The first-order valence-corrected chi connectivity index (χ1v) is 8.36. The summed E-state index contributed by atoms with van der Waals surface area (Å²) >= 11 is 0. The predicted molar refractivity (Wildman–Crippen MR) is 91.4 cm³/mol. The molecule has 0 saturated heterocycles. The molecule has 0 fully saturated rings. The summed E-state index contributed by atoms with van der Waals surface area (Å²) in [7, 11) is 7.17. The zero-order chi connectivity index (χ0) is 14.2. The van der Waals surface area contributed by atoms with E-state index in [1.807, 2.05) is 55.0 Å². The summed E-state index contributed by atoms with van der Waals surface area (Å²) in [6.07, 6.45) is 3.59. The second-order valence-electron chi connectivity index (χ2n) is 4.20. The van der Waals surface area contributed by atoms with Crippen LogP contribution in [0.15, 0.2) is 52.6 Å². The van der Waals surface area contributed by atoms with Gasteiger partial charge in [0.05, 0.1) is 17.4 Å². The Labute approximate surface area is 126 Å². The molecule has 3 rings (SSSR count). The van der Waals surface area contributed by atoms with E-state index in [1.54, 1.807) is 27.9 Å². The number of aliphatic imine (C=N–C) groups is 2. The molecule has 1 unspecified atom stereocenters. The van der Waals surface area contributed by atoms with Crippen LogP contribution < -0.4 is 0 Å². The minimum Gasteiger partial charge on any atom is -0.369 e. The Bertz CT molecular complexity index is 533. The minimum absolute atomic E-state index is 0.0763. The third kappa shape index (κ3) is 4.86. The monoisotopic (exact) mass is 304 g/mol. The topological polar surface area (TPSA) is 40.9 Å². The van der Waals surface area contributed by atoms with E-state index >= 15 is 0 Å².